The lowest BCUT2D eigenvalue weighted by Gasteiger charge is -2.10. The summed E-state index contributed by atoms with van der Waals surface area (Å²) < 4.78 is 40.8. The number of aryl methyl sites for hydroxylation is 1. The number of benzene rings is 1. The monoisotopic (exact) mass is 232 g/mol. The van der Waals surface area contributed by atoms with Gasteiger partial charge in [-0.15, -0.1) is 0 Å². The van der Waals surface area contributed by atoms with Gasteiger partial charge in [-0.25, -0.2) is 0 Å². The maximum absolute atomic E-state index is 11.0. The highest BCUT2D eigenvalue weighted by Gasteiger charge is 2.18. The van der Waals surface area contributed by atoms with Crippen LogP contribution in [0.5, 0.6) is 11.5 Å². The first-order chi connectivity index (χ1) is 6.90. The molecule has 1 aromatic rings. The van der Waals surface area contributed by atoms with Crippen molar-refractivity contribution in [3.8, 4) is 11.5 Å². The lowest BCUT2D eigenvalue weighted by Crippen LogP contribution is -2.03. The van der Waals surface area contributed by atoms with Gasteiger partial charge in [0.15, 0.2) is 0 Å². The first-order valence-electron chi connectivity index (χ1n) is 4.10. The topological polar surface area (TPSA) is 72.8 Å². The van der Waals surface area contributed by atoms with Gasteiger partial charge in [0.05, 0.1) is 14.2 Å². The first kappa shape index (κ1) is 11.8. The summed E-state index contributed by atoms with van der Waals surface area (Å²) in [5.74, 6) is 0.472. The van der Waals surface area contributed by atoms with Gasteiger partial charge in [0.25, 0.3) is 10.1 Å². The van der Waals surface area contributed by atoms with Crippen LogP contribution >= 0.6 is 0 Å². The molecule has 5 nitrogen and oxygen atoms in total. The molecule has 0 amide bonds. The van der Waals surface area contributed by atoms with Gasteiger partial charge >= 0.3 is 0 Å². The smallest absolute Gasteiger partial charge is 0.298 e. The van der Waals surface area contributed by atoms with E-state index in [-0.39, 0.29) is 10.6 Å². The van der Waals surface area contributed by atoms with Crippen molar-refractivity contribution in [3.63, 3.8) is 0 Å². The Balaban J connectivity index is 3.49. The van der Waals surface area contributed by atoms with Gasteiger partial charge in [0, 0.05) is 6.07 Å². The molecular formula is C9H12O5S. The normalized spacial score (nSPS) is 11.2. The van der Waals surface area contributed by atoms with Crippen molar-refractivity contribution in [1.29, 1.82) is 0 Å². The minimum absolute atomic E-state index is 0.0933. The Morgan fingerprint density at radius 3 is 2.07 bits per heavy atom. The first-order valence-corrected chi connectivity index (χ1v) is 5.54. The Bertz CT molecular complexity index is 464. The Kier molecular flexibility index (Phi) is 3.21. The SMILES string of the molecule is COc1cc(S(=O)(=O)O)c(OC)cc1C. The molecular weight excluding hydrogens is 220 g/mol. The van der Waals surface area contributed by atoms with E-state index < -0.39 is 10.1 Å². The summed E-state index contributed by atoms with van der Waals surface area (Å²) in [6.07, 6.45) is 0. The van der Waals surface area contributed by atoms with Crippen LogP contribution in [0.2, 0.25) is 0 Å². The van der Waals surface area contributed by atoms with Crippen molar-refractivity contribution < 1.29 is 22.4 Å². The predicted octanol–water partition coefficient (Wildman–Crippen LogP) is 1.26. The Labute approximate surface area is 88.4 Å². The van der Waals surface area contributed by atoms with E-state index in [9.17, 15) is 8.42 Å². The second-order valence-electron chi connectivity index (χ2n) is 2.95. The summed E-state index contributed by atoms with van der Waals surface area (Å²) in [5, 5.41) is 0. The maximum Gasteiger partial charge on any atom is 0.298 e. The van der Waals surface area contributed by atoms with Crippen LogP contribution in [-0.4, -0.2) is 27.2 Å². The van der Waals surface area contributed by atoms with Crippen LogP contribution in [0.15, 0.2) is 17.0 Å². The third kappa shape index (κ3) is 2.40. The number of rotatable bonds is 3. The summed E-state index contributed by atoms with van der Waals surface area (Å²) >= 11 is 0. The van der Waals surface area contributed by atoms with E-state index in [1.165, 1.54) is 26.4 Å². The van der Waals surface area contributed by atoms with Crippen molar-refractivity contribution in [3.05, 3.63) is 17.7 Å². The molecule has 0 unspecified atom stereocenters. The van der Waals surface area contributed by atoms with Crippen LogP contribution < -0.4 is 9.47 Å². The average molecular weight is 232 g/mol. The quantitative estimate of drug-likeness (QED) is 0.794. The number of ether oxygens (including phenoxy) is 2. The van der Waals surface area contributed by atoms with E-state index in [4.69, 9.17) is 14.0 Å². The molecule has 0 aromatic heterocycles. The summed E-state index contributed by atoms with van der Waals surface area (Å²) in [6.45, 7) is 1.75. The lowest BCUT2D eigenvalue weighted by atomic mass is 10.2. The fourth-order valence-electron chi connectivity index (χ4n) is 1.22. The van der Waals surface area contributed by atoms with Crippen LogP contribution in [0.3, 0.4) is 0 Å². The van der Waals surface area contributed by atoms with Crippen molar-refractivity contribution in [2.45, 2.75) is 11.8 Å². The molecule has 1 N–H and O–H groups in total. The molecule has 0 aliphatic heterocycles. The molecule has 0 heterocycles. The summed E-state index contributed by atoms with van der Waals surface area (Å²) in [7, 11) is -1.55. The highest BCUT2D eigenvalue weighted by molar-refractivity contribution is 7.86. The van der Waals surface area contributed by atoms with Gasteiger partial charge in [0.1, 0.15) is 16.4 Å². The van der Waals surface area contributed by atoms with Crippen LogP contribution in [0.25, 0.3) is 0 Å². The number of hydrogen-bond donors (Lipinski definition) is 1. The Morgan fingerprint density at radius 2 is 1.67 bits per heavy atom. The average Bonchev–Trinajstić information content (AvgIpc) is 2.15. The highest BCUT2D eigenvalue weighted by Crippen LogP contribution is 2.31. The molecule has 0 radical (unpaired) electrons. The molecule has 84 valence electrons. The molecule has 6 heteroatoms. The number of hydrogen-bond acceptors (Lipinski definition) is 4. The molecule has 0 aliphatic rings. The largest absolute Gasteiger partial charge is 0.496 e. The zero-order valence-corrected chi connectivity index (χ0v) is 9.46. The van der Waals surface area contributed by atoms with Crippen LogP contribution in [0.4, 0.5) is 0 Å². The molecule has 0 saturated heterocycles. The van der Waals surface area contributed by atoms with Crippen LogP contribution in [-0.2, 0) is 10.1 Å². The van der Waals surface area contributed by atoms with Gasteiger partial charge in [-0.05, 0) is 18.6 Å². The fraction of sp³-hybridized carbons (Fsp3) is 0.333. The van der Waals surface area contributed by atoms with Crippen molar-refractivity contribution in [2.24, 2.45) is 0 Å². The Morgan fingerprint density at radius 1 is 1.13 bits per heavy atom. The summed E-state index contributed by atoms with van der Waals surface area (Å²) in [4.78, 5) is -0.299. The summed E-state index contributed by atoms with van der Waals surface area (Å²) in [6, 6.07) is 2.71. The van der Waals surface area contributed by atoms with Gasteiger partial charge < -0.3 is 9.47 Å². The van der Waals surface area contributed by atoms with E-state index in [0.717, 1.165) is 5.56 Å². The molecule has 1 rings (SSSR count). The standard InChI is InChI=1S/C9H12O5S/c1-6-4-8(14-3)9(15(10,11)12)5-7(6)13-2/h4-5H,1-3H3,(H,10,11,12). The van der Waals surface area contributed by atoms with Gasteiger partial charge in [-0.1, -0.05) is 0 Å². The third-order valence-corrected chi connectivity index (χ3v) is 2.83. The van der Waals surface area contributed by atoms with E-state index in [0.29, 0.717) is 5.75 Å². The van der Waals surface area contributed by atoms with Crippen molar-refractivity contribution >= 4 is 10.1 Å². The van der Waals surface area contributed by atoms with Gasteiger partial charge in [-0.2, -0.15) is 8.42 Å². The molecule has 0 atom stereocenters. The third-order valence-electron chi connectivity index (χ3n) is 1.96. The van der Waals surface area contributed by atoms with E-state index in [1.54, 1.807) is 6.92 Å². The van der Waals surface area contributed by atoms with E-state index in [2.05, 4.69) is 0 Å². The second-order valence-corrected chi connectivity index (χ2v) is 4.34. The van der Waals surface area contributed by atoms with Gasteiger partial charge in [-0.3, -0.25) is 4.55 Å². The minimum atomic E-state index is -4.30. The van der Waals surface area contributed by atoms with Crippen molar-refractivity contribution in [2.75, 3.05) is 14.2 Å². The molecule has 1 aromatic carbocycles. The lowest BCUT2D eigenvalue weighted by molar-refractivity contribution is 0.386. The second kappa shape index (κ2) is 4.08. The molecule has 15 heavy (non-hydrogen) atoms. The number of methoxy groups -OCH3 is 2. The van der Waals surface area contributed by atoms with E-state index in [1.807, 2.05) is 0 Å². The van der Waals surface area contributed by atoms with Crippen LogP contribution in [0.1, 0.15) is 5.56 Å². The fourth-order valence-corrected chi connectivity index (χ4v) is 1.88. The zero-order chi connectivity index (χ0) is 11.6. The van der Waals surface area contributed by atoms with Gasteiger partial charge in [0.2, 0.25) is 0 Å². The molecule has 0 spiro atoms. The molecule has 0 saturated carbocycles. The van der Waals surface area contributed by atoms with Crippen molar-refractivity contribution in [1.82, 2.24) is 0 Å². The minimum Gasteiger partial charge on any atom is -0.496 e. The molecule has 0 aliphatic carbocycles. The predicted molar refractivity (Wildman–Crippen MR) is 54.1 cm³/mol. The molecule has 0 bridgehead atoms. The highest BCUT2D eigenvalue weighted by atomic mass is 32.2. The maximum atomic E-state index is 11.0. The zero-order valence-electron chi connectivity index (χ0n) is 8.64. The molecule has 0 fully saturated rings. The van der Waals surface area contributed by atoms with E-state index >= 15 is 0 Å². The summed E-state index contributed by atoms with van der Waals surface area (Å²) in [5.41, 5.74) is 0.724. The van der Waals surface area contributed by atoms with Crippen LogP contribution in [0, 0.1) is 6.92 Å². The Hall–Kier alpha value is -1.27.